The molecule has 3 nitrogen and oxygen atoms in total. The summed E-state index contributed by atoms with van der Waals surface area (Å²) in [4.78, 5) is 5.56. The summed E-state index contributed by atoms with van der Waals surface area (Å²) in [6.07, 6.45) is -3.07. The number of aromatic nitrogens is 1. The van der Waals surface area contributed by atoms with E-state index in [4.69, 9.17) is 5.73 Å². The number of hydrogen-bond acceptors (Lipinski definition) is 3. The molecule has 0 radical (unpaired) electrons. The summed E-state index contributed by atoms with van der Waals surface area (Å²) in [5, 5.41) is 0. The summed E-state index contributed by atoms with van der Waals surface area (Å²) in [7, 11) is 0. The number of halogens is 3. The van der Waals surface area contributed by atoms with Crippen LogP contribution in [-0.4, -0.2) is 29.5 Å². The molecule has 2 heterocycles. The molecule has 1 fully saturated rings. The first-order valence-electron chi connectivity index (χ1n) is 5.43. The van der Waals surface area contributed by atoms with Gasteiger partial charge in [0.2, 0.25) is 0 Å². The number of likely N-dealkylation sites (tertiary alicyclic amines) is 1. The molecule has 0 bridgehead atoms. The van der Waals surface area contributed by atoms with Gasteiger partial charge in [0.25, 0.3) is 0 Å². The van der Waals surface area contributed by atoms with Crippen molar-refractivity contribution < 1.29 is 13.2 Å². The van der Waals surface area contributed by atoms with E-state index in [1.807, 2.05) is 0 Å². The van der Waals surface area contributed by atoms with E-state index >= 15 is 0 Å². The highest BCUT2D eigenvalue weighted by molar-refractivity contribution is 5.16. The van der Waals surface area contributed by atoms with Gasteiger partial charge in [-0.25, -0.2) is 0 Å². The average Bonchev–Trinajstić information content (AvgIpc) is 2.22. The molecule has 2 N–H and O–H groups in total. The molecule has 1 aromatic rings. The van der Waals surface area contributed by atoms with Crippen LogP contribution in [0.25, 0.3) is 0 Å². The lowest BCUT2D eigenvalue weighted by atomic mass is 10.00. The lowest BCUT2D eigenvalue weighted by Gasteiger charge is -2.38. The maximum atomic E-state index is 12.3. The Kier molecular flexibility index (Phi) is 3.35. The third-order valence-corrected chi connectivity index (χ3v) is 2.89. The molecular formula is C11H14F3N3. The molecule has 0 aromatic carbocycles. The number of rotatable bonds is 3. The molecule has 0 aliphatic carbocycles. The molecule has 6 heteroatoms. The minimum atomic E-state index is -4.36. The van der Waals surface area contributed by atoms with Crippen LogP contribution in [0.2, 0.25) is 0 Å². The van der Waals surface area contributed by atoms with Gasteiger partial charge >= 0.3 is 6.18 Å². The normalized spacial score (nSPS) is 18.1. The number of nitrogens with zero attached hydrogens (tertiary/aromatic N) is 2. The van der Waals surface area contributed by atoms with Gasteiger partial charge in [0.1, 0.15) is 5.69 Å². The minimum Gasteiger partial charge on any atom is -0.330 e. The van der Waals surface area contributed by atoms with Crippen LogP contribution in [0.1, 0.15) is 11.3 Å². The predicted molar refractivity (Wildman–Crippen MR) is 57.1 cm³/mol. The first kappa shape index (κ1) is 12.3. The van der Waals surface area contributed by atoms with Crippen molar-refractivity contribution in [2.24, 2.45) is 11.7 Å². The van der Waals surface area contributed by atoms with Crippen LogP contribution in [0.3, 0.4) is 0 Å². The molecule has 0 saturated carbocycles. The molecule has 1 aliphatic heterocycles. The van der Waals surface area contributed by atoms with Crippen molar-refractivity contribution in [3.63, 3.8) is 0 Å². The third-order valence-electron chi connectivity index (χ3n) is 2.89. The molecule has 94 valence electrons. The molecule has 0 unspecified atom stereocenters. The van der Waals surface area contributed by atoms with Crippen molar-refractivity contribution in [2.75, 3.05) is 19.6 Å². The Morgan fingerprint density at radius 3 is 2.53 bits per heavy atom. The smallest absolute Gasteiger partial charge is 0.330 e. The fourth-order valence-electron chi connectivity index (χ4n) is 1.90. The van der Waals surface area contributed by atoms with Crippen LogP contribution in [0.15, 0.2) is 18.3 Å². The molecule has 0 atom stereocenters. The lowest BCUT2D eigenvalue weighted by molar-refractivity contribution is -0.141. The summed E-state index contributed by atoms with van der Waals surface area (Å²) in [6.45, 7) is 3.14. The summed E-state index contributed by atoms with van der Waals surface area (Å²) >= 11 is 0. The van der Waals surface area contributed by atoms with Crippen LogP contribution in [0.4, 0.5) is 13.2 Å². The summed E-state index contributed by atoms with van der Waals surface area (Å²) in [5.74, 6) is 0.525. The Hall–Kier alpha value is -1.14. The van der Waals surface area contributed by atoms with E-state index in [0.717, 1.165) is 24.7 Å². The van der Waals surface area contributed by atoms with Gasteiger partial charge in [-0.05, 0) is 24.1 Å². The highest BCUT2D eigenvalue weighted by Gasteiger charge is 2.32. The maximum Gasteiger partial charge on any atom is 0.433 e. The predicted octanol–water partition coefficient (Wildman–Crippen LogP) is 1.49. The Morgan fingerprint density at radius 2 is 2.06 bits per heavy atom. The van der Waals surface area contributed by atoms with Crippen LogP contribution in [0.5, 0.6) is 0 Å². The number of alkyl halides is 3. The standard InChI is InChI=1S/C11H14F3N3/c12-11(13,14)10-2-1-8(4-16-10)5-17-6-9(3-15)7-17/h1-2,4,9H,3,5-7,15H2. The van der Waals surface area contributed by atoms with Crippen molar-refractivity contribution in [2.45, 2.75) is 12.7 Å². The van der Waals surface area contributed by atoms with E-state index in [9.17, 15) is 13.2 Å². The van der Waals surface area contributed by atoms with Crippen LogP contribution in [0, 0.1) is 5.92 Å². The van der Waals surface area contributed by atoms with Gasteiger partial charge in [0.05, 0.1) is 0 Å². The zero-order valence-electron chi connectivity index (χ0n) is 9.24. The minimum absolute atomic E-state index is 0.525. The molecule has 0 amide bonds. The number of hydrogen-bond donors (Lipinski definition) is 1. The number of pyridine rings is 1. The van der Waals surface area contributed by atoms with Gasteiger partial charge in [0.15, 0.2) is 0 Å². The van der Waals surface area contributed by atoms with E-state index < -0.39 is 11.9 Å². The fraction of sp³-hybridized carbons (Fsp3) is 0.545. The zero-order chi connectivity index (χ0) is 12.5. The fourth-order valence-corrected chi connectivity index (χ4v) is 1.90. The highest BCUT2D eigenvalue weighted by atomic mass is 19.4. The first-order valence-corrected chi connectivity index (χ1v) is 5.43. The molecule has 1 saturated heterocycles. The molecule has 1 aliphatic rings. The average molecular weight is 245 g/mol. The van der Waals surface area contributed by atoms with Gasteiger partial charge < -0.3 is 5.73 Å². The van der Waals surface area contributed by atoms with Gasteiger partial charge in [-0.3, -0.25) is 9.88 Å². The van der Waals surface area contributed by atoms with Crippen LogP contribution >= 0.6 is 0 Å². The summed E-state index contributed by atoms with van der Waals surface area (Å²) < 4.78 is 36.8. The maximum absolute atomic E-state index is 12.3. The van der Waals surface area contributed by atoms with Crippen LogP contribution in [-0.2, 0) is 12.7 Å². The van der Waals surface area contributed by atoms with E-state index in [2.05, 4.69) is 9.88 Å². The highest BCUT2D eigenvalue weighted by Crippen LogP contribution is 2.27. The van der Waals surface area contributed by atoms with Crippen LogP contribution < -0.4 is 5.73 Å². The van der Waals surface area contributed by atoms with Crippen molar-refractivity contribution >= 4 is 0 Å². The third kappa shape index (κ3) is 2.95. The second kappa shape index (κ2) is 4.62. The lowest BCUT2D eigenvalue weighted by Crippen LogP contribution is -2.49. The summed E-state index contributed by atoms with van der Waals surface area (Å²) in [5.41, 5.74) is 5.45. The molecular weight excluding hydrogens is 231 g/mol. The van der Waals surface area contributed by atoms with E-state index in [1.165, 1.54) is 12.3 Å². The van der Waals surface area contributed by atoms with Crippen molar-refractivity contribution in [1.82, 2.24) is 9.88 Å². The SMILES string of the molecule is NCC1CN(Cc2ccc(C(F)(F)F)nc2)C1. The monoisotopic (exact) mass is 245 g/mol. The first-order chi connectivity index (χ1) is 7.99. The van der Waals surface area contributed by atoms with Gasteiger partial charge in [0, 0.05) is 25.8 Å². The second-order valence-electron chi connectivity index (χ2n) is 4.35. The molecule has 2 rings (SSSR count). The Balaban J connectivity index is 1.91. The van der Waals surface area contributed by atoms with E-state index in [-0.39, 0.29) is 0 Å². The summed E-state index contributed by atoms with van der Waals surface area (Å²) in [6, 6.07) is 2.50. The number of nitrogens with two attached hydrogens (primary N) is 1. The van der Waals surface area contributed by atoms with Crippen molar-refractivity contribution in [1.29, 1.82) is 0 Å². The Labute approximate surface area is 97.4 Å². The zero-order valence-corrected chi connectivity index (χ0v) is 9.24. The van der Waals surface area contributed by atoms with E-state index in [1.54, 1.807) is 0 Å². The topological polar surface area (TPSA) is 42.1 Å². The van der Waals surface area contributed by atoms with E-state index in [0.29, 0.717) is 19.0 Å². The second-order valence-corrected chi connectivity index (χ2v) is 4.35. The molecule has 17 heavy (non-hydrogen) atoms. The molecule has 0 spiro atoms. The quantitative estimate of drug-likeness (QED) is 0.877. The van der Waals surface area contributed by atoms with Gasteiger partial charge in [-0.15, -0.1) is 0 Å². The van der Waals surface area contributed by atoms with Gasteiger partial charge in [-0.2, -0.15) is 13.2 Å². The van der Waals surface area contributed by atoms with Gasteiger partial charge in [-0.1, -0.05) is 6.07 Å². The van der Waals surface area contributed by atoms with Crippen molar-refractivity contribution in [3.05, 3.63) is 29.6 Å². The Morgan fingerprint density at radius 1 is 1.35 bits per heavy atom. The molecule has 1 aromatic heterocycles. The van der Waals surface area contributed by atoms with Crippen molar-refractivity contribution in [3.8, 4) is 0 Å². The largest absolute Gasteiger partial charge is 0.433 e. The Bertz CT molecular complexity index is 369.